The quantitative estimate of drug-likeness (QED) is 0.196. The molecule has 2 unspecified atom stereocenters. The van der Waals surface area contributed by atoms with E-state index in [1.54, 1.807) is 39.0 Å². The predicted octanol–water partition coefficient (Wildman–Crippen LogP) is 5.56. The number of esters is 2. The number of benzene rings is 4. The van der Waals surface area contributed by atoms with Crippen molar-refractivity contribution < 1.29 is 31.7 Å². The van der Waals surface area contributed by atoms with Crippen molar-refractivity contribution in [2.24, 2.45) is 5.73 Å². The van der Waals surface area contributed by atoms with Crippen LogP contribution in [0.3, 0.4) is 0 Å². The van der Waals surface area contributed by atoms with Gasteiger partial charge in [-0.3, -0.25) is 9.59 Å². The van der Waals surface area contributed by atoms with E-state index in [4.69, 9.17) is 19.4 Å². The van der Waals surface area contributed by atoms with Crippen LogP contribution in [0.25, 0.3) is 11.1 Å². The number of fused-ring (bicyclic) bond motifs is 3. The highest BCUT2D eigenvalue weighted by atomic mass is 32.2. The van der Waals surface area contributed by atoms with Crippen molar-refractivity contribution in [1.82, 2.24) is 0 Å². The summed E-state index contributed by atoms with van der Waals surface area (Å²) in [6.45, 7) is 5.19. The molecule has 0 spiro atoms. The summed E-state index contributed by atoms with van der Waals surface area (Å²) in [5.41, 5.74) is 10.2. The van der Waals surface area contributed by atoms with Crippen molar-refractivity contribution in [3.8, 4) is 16.9 Å². The summed E-state index contributed by atoms with van der Waals surface area (Å²) in [7, 11) is -4.07. The first-order chi connectivity index (χ1) is 20.4. The molecule has 0 amide bonds. The highest BCUT2D eigenvalue weighted by molar-refractivity contribution is 7.87. The molecule has 4 aromatic rings. The molecule has 0 aromatic heterocycles. The van der Waals surface area contributed by atoms with Crippen LogP contribution in [0.15, 0.2) is 108 Å². The topological polar surface area (TPSA) is 122 Å². The lowest BCUT2D eigenvalue weighted by atomic mass is 9.91. The summed E-state index contributed by atoms with van der Waals surface area (Å²) in [4.78, 5) is 26.7. The molecule has 0 radical (unpaired) electrons. The lowest BCUT2D eigenvalue weighted by Gasteiger charge is -2.27. The van der Waals surface area contributed by atoms with Gasteiger partial charge < -0.3 is 19.4 Å². The van der Waals surface area contributed by atoms with Gasteiger partial charge in [0.2, 0.25) is 0 Å². The van der Waals surface area contributed by atoms with Crippen LogP contribution in [0.2, 0.25) is 0 Å². The second kappa shape index (κ2) is 12.0. The second-order valence-corrected chi connectivity index (χ2v) is 12.9. The fourth-order valence-electron chi connectivity index (χ4n) is 5.19. The van der Waals surface area contributed by atoms with Gasteiger partial charge in [-0.2, -0.15) is 8.42 Å². The van der Waals surface area contributed by atoms with E-state index >= 15 is 0 Å². The van der Waals surface area contributed by atoms with Crippen molar-refractivity contribution >= 4 is 22.1 Å². The van der Waals surface area contributed by atoms with Crippen molar-refractivity contribution in [3.05, 3.63) is 120 Å². The van der Waals surface area contributed by atoms with Gasteiger partial charge >= 0.3 is 22.1 Å². The minimum absolute atomic E-state index is 0.00276. The first kappa shape index (κ1) is 30.0. The first-order valence-corrected chi connectivity index (χ1v) is 15.3. The third-order valence-electron chi connectivity index (χ3n) is 7.12. The van der Waals surface area contributed by atoms with Gasteiger partial charge in [-0.05, 0) is 72.9 Å². The van der Waals surface area contributed by atoms with Crippen LogP contribution in [0.1, 0.15) is 49.3 Å². The maximum Gasteiger partial charge on any atom is 0.339 e. The Labute approximate surface area is 251 Å². The van der Waals surface area contributed by atoms with E-state index in [-0.39, 0.29) is 23.2 Å². The van der Waals surface area contributed by atoms with Crippen LogP contribution >= 0.6 is 0 Å². The number of hydrogen-bond acceptors (Lipinski definition) is 8. The highest BCUT2D eigenvalue weighted by Gasteiger charge is 2.38. The molecular formula is C34H33NO7S. The van der Waals surface area contributed by atoms with E-state index in [0.717, 1.165) is 22.3 Å². The number of nitrogens with two attached hydrogens (primary N) is 1. The molecule has 0 aliphatic heterocycles. The summed E-state index contributed by atoms with van der Waals surface area (Å²) >= 11 is 0. The van der Waals surface area contributed by atoms with Crippen LogP contribution in [-0.4, -0.2) is 38.6 Å². The zero-order valence-corrected chi connectivity index (χ0v) is 24.9. The third-order valence-corrected chi connectivity index (χ3v) is 8.39. The van der Waals surface area contributed by atoms with Gasteiger partial charge in [0, 0.05) is 5.92 Å². The van der Waals surface area contributed by atoms with Crippen molar-refractivity contribution in [2.45, 2.75) is 49.1 Å². The molecule has 1 aliphatic carbocycles. The minimum atomic E-state index is -4.07. The highest BCUT2D eigenvalue weighted by Crippen LogP contribution is 2.44. The normalized spacial score (nSPS) is 14.2. The Morgan fingerprint density at radius 1 is 0.767 bits per heavy atom. The molecule has 4 aromatic carbocycles. The van der Waals surface area contributed by atoms with Crippen LogP contribution in [0.4, 0.5) is 0 Å². The van der Waals surface area contributed by atoms with Gasteiger partial charge in [0.25, 0.3) is 0 Å². The average Bonchev–Trinajstić information content (AvgIpc) is 3.30. The molecule has 9 heteroatoms. The Kier molecular flexibility index (Phi) is 8.39. The lowest BCUT2D eigenvalue weighted by molar-refractivity contribution is -0.161. The molecule has 43 heavy (non-hydrogen) atoms. The Hall–Kier alpha value is -4.47. The summed E-state index contributed by atoms with van der Waals surface area (Å²) in [6, 6.07) is 28.1. The van der Waals surface area contributed by atoms with Crippen molar-refractivity contribution in [3.63, 3.8) is 0 Å². The van der Waals surface area contributed by atoms with E-state index in [1.807, 2.05) is 48.5 Å². The smallest absolute Gasteiger partial charge is 0.339 e. The van der Waals surface area contributed by atoms with Crippen LogP contribution in [0.5, 0.6) is 5.75 Å². The Balaban J connectivity index is 1.35. The van der Waals surface area contributed by atoms with Crippen LogP contribution in [-0.2, 0) is 29.2 Å². The van der Waals surface area contributed by atoms with Gasteiger partial charge in [-0.1, -0.05) is 78.9 Å². The maximum absolute atomic E-state index is 13.4. The van der Waals surface area contributed by atoms with Crippen molar-refractivity contribution in [2.75, 3.05) is 6.61 Å². The predicted molar refractivity (Wildman–Crippen MR) is 162 cm³/mol. The maximum atomic E-state index is 13.4. The molecule has 0 saturated heterocycles. The molecule has 5 rings (SSSR count). The van der Waals surface area contributed by atoms with E-state index in [1.165, 1.54) is 36.4 Å². The average molecular weight is 600 g/mol. The Bertz CT molecular complexity index is 1680. The third kappa shape index (κ3) is 6.63. The first-order valence-electron chi connectivity index (χ1n) is 13.9. The molecule has 0 saturated carbocycles. The largest absolute Gasteiger partial charge is 0.463 e. The van der Waals surface area contributed by atoms with Crippen LogP contribution in [0, 0.1) is 0 Å². The summed E-state index contributed by atoms with van der Waals surface area (Å²) in [5, 5.41) is 0. The molecule has 0 heterocycles. The zero-order chi connectivity index (χ0) is 30.8. The van der Waals surface area contributed by atoms with Gasteiger partial charge in [-0.15, -0.1) is 0 Å². The number of ether oxygens (including phenoxy) is 2. The van der Waals surface area contributed by atoms with E-state index < -0.39 is 39.6 Å². The van der Waals surface area contributed by atoms with Crippen LogP contribution < -0.4 is 9.92 Å². The van der Waals surface area contributed by atoms with Gasteiger partial charge in [-0.25, -0.2) is 0 Å². The summed E-state index contributed by atoms with van der Waals surface area (Å²) in [6.07, 6.45) is 0. The fraction of sp³-hybridized carbons (Fsp3) is 0.235. The standard InChI is InChI=1S/C34H33NO7S/c1-34(2,3)41-32(36)30(22-17-19-23(20-18-22)42-43(38,39)24-11-5-4-6-12-24)31(35)33(37)40-21-29-27-15-9-7-13-25(27)26-14-8-10-16-28(26)29/h4-20,29-31H,21,35H2,1-3H3. The zero-order valence-electron chi connectivity index (χ0n) is 24.1. The molecule has 0 bridgehead atoms. The fourth-order valence-corrected chi connectivity index (χ4v) is 6.14. The summed E-state index contributed by atoms with van der Waals surface area (Å²) in [5.74, 6) is -2.82. The minimum Gasteiger partial charge on any atom is -0.463 e. The van der Waals surface area contributed by atoms with E-state index in [2.05, 4.69) is 0 Å². The molecular weight excluding hydrogens is 566 g/mol. The van der Waals surface area contributed by atoms with Gasteiger partial charge in [0.1, 0.15) is 34.8 Å². The monoisotopic (exact) mass is 599 g/mol. The number of carbonyl (C=O) groups is 2. The number of carbonyl (C=O) groups excluding carboxylic acids is 2. The van der Waals surface area contributed by atoms with Gasteiger partial charge in [0.15, 0.2) is 0 Å². The second-order valence-electron chi connectivity index (χ2n) is 11.3. The molecule has 1 aliphatic rings. The number of hydrogen-bond donors (Lipinski definition) is 1. The SMILES string of the molecule is CC(C)(C)OC(=O)C(c1ccc(OS(=O)(=O)c2ccccc2)cc1)C(N)C(=O)OCC1c2ccccc2-c2ccccc21. The van der Waals surface area contributed by atoms with E-state index in [9.17, 15) is 18.0 Å². The van der Waals surface area contributed by atoms with Gasteiger partial charge in [0.05, 0.1) is 0 Å². The molecule has 2 N–H and O–H groups in total. The van der Waals surface area contributed by atoms with E-state index in [0.29, 0.717) is 5.56 Å². The molecule has 222 valence electrons. The molecule has 0 fully saturated rings. The lowest BCUT2D eigenvalue weighted by Crippen LogP contribution is -2.44. The Morgan fingerprint density at radius 2 is 1.30 bits per heavy atom. The molecule has 8 nitrogen and oxygen atoms in total. The van der Waals surface area contributed by atoms with Crippen molar-refractivity contribution in [1.29, 1.82) is 0 Å². The number of rotatable bonds is 9. The Morgan fingerprint density at radius 3 is 1.86 bits per heavy atom. The summed E-state index contributed by atoms with van der Waals surface area (Å²) < 4.78 is 41.9. The molecule has 2 atom stereocenters.